The average Bonchev–Trinajstić information content (AvgIpc) is 2.13. The highest BCUT2D eigenvalue weighted by molar-refractivity contribution is 4.87. The molecule has 1 fully saturated rings. The first-order valence-corrected chi connectivity index (χ1v) is 2.37. The number of ether oxygens (including phenoxy) is 2. The Morgan fingerprint density at radius 3 is 2.00 bits per heavy atom. The van der Waals surface area contributed by atoms with Gasteiger partial charge in [0.05, 0.1) is 0 Å². The predicted molar refractivity (Wildman–Crippen MR) is 26.0 cm³/mol. The molecule has 0 radical (unpaired) electrons. The molecule has 1 aliphatic heterocycles. The SMILES string of the molecule is CO[C@H]1OC1(C)C. The zero-order chi connectivity index (χ0) is 5.49. The molecular formula is C5H10O2. The van der Waals surface area contributed by atoms with Gasteiger partial charge in [-0.2, -0.15) is 0 Å². The smallest absolute Gasteiger partial charge is 0.186 e. The van der Waals surface area contributed by atoms with E-state index in [4.69, 9.17) is 9.47 Å². The van der Waals surface area contributed by atoms with Crippen LogP contribution in [-0.4, -0.2) is 19.0 Å². The lowest BCUT2D eigenvalue weighted by Crippen LogP contribution is -2.03. The largest absolute Gasteiger partial charge is 0.353 e. The molecule has 42 valence electrons. The van der Waals surface area contributed by atoms with Crippen molar-refractivity contribution in [3.8, 4) is 0 Å². The van der Waals surface area contributed by atoms with Crippen LogP contribution in [0.25, 0.3) is 0 Å². The molecule has 0 unspecified atom stereocenters. The van der Waals surface area contributed by atoms with Crippen molar-refractivity contribution in [2.45, 2.75) is 25.7 Å². The van der Waals surface area contributed by atoms with Crippen LogP contribution in [0.3, 0.4) is 0 Å². The van der Waals surface area contributed by atoms with E-state index in [9.17, 15) is 0 Å². The van der Waals surface area contributed by atoms with Crippen LogP contribution < -0.4 is 0 Å². The molecule has 0 bridgehead atoms. The number of hydrogen-bond donors (Lipinski definition) is 0. The third-order valence-electron chi connectivity index (χ3n) is 1.14. The standard InChI is InChI=1S/C5H10O2/c1-5(2)4(6-3)7-5/h4H,1-3H3/t4-/m0/s1. The molecule has 1 saturated heterocycles. The van der Waals surface area contributed by atoms with Gasteiger partial charge in [0.25, 0.3) is 0 Å². The molecule has 0 aromatic rings. The third-order valence-corrected chi connectivity index (χ3v) is 1.14. The van der Waals surface area contributed by atoms with Gasteiger partial charge in [-0.3, -0.25) is 0 Å². The minimum absolute atomic E-state index is 0.00521. The van der Waals surface area contributed by atoms with Gasteiger partial charge in [0.15, 0.2) is 6.29 Å². The summed E-state index contributed by atoms with van der Waals surface area (Å²) in [5, 5.41) is 0. The van der Waals surface area contributed by atoms with Crippen LogP contribution in [0.5, 0.6) is 0 Å². The van der Waals surface area contributed by atoms with E-state index in [0.29, 0.717) is 0 Å². The second kappa shape index (κ2) is 1.20. The number of epoxide rings is 1. The highest BCUT2D eigenvalue weighted by atomic mass is 16.8. The summed E-state index contributed by atoms with van der Waals surface area (Å²) in [6, 6.07) is 0. The quantitative estimate of drug-likeness (QED) is 0.456. The normalized spacial score (nSPS) is 35.6. The van der Waals surface area contributed by atoms with Crippen LogP contribution >= 0.6 is 0 Å². The lowest BCUT2D eigenvalue weighted by atomic mass is 10.2. The van der Waals surface area contributed by atoms with Crippen LogP contribution in [0, 0.1) is 0 Å². The molecule has 0 spiro atoms. The number of methoxy groups -OCH3 is 1. The Labute approximate surface area is 43.4 Å². The van der Waals surface area contributed by atoms with E-state index in [-0.39, 0.29) is 11.9 Å². The van der Waals surface area contributed by atoms with Crippen LogP contribution in [0.15, 0.2) is 0 Å². The van der Waals surface area contributed by atoms with Crippen molar-refractivity contribution in [1.29, 1.82) is 0 Å². The Morgan fingerprint density at radius 1 is 1.57 bits per heavy atom. The monoisotopic (exact) mass is 102 g/mol. The van der Waals surface area contributed by atoms with E-state index < -0.39 is 0 Å². The molecule has 2 nitrogen and oxygen atoms in total. The van der Waals surface area contributed by atoms with Crippen molar-refractivity contribution in [3.63, 3.8) is 0 Å². The lowest BCUT2D eigenvalue weighted by Gasteiger charge is -1.89. The minimum Gasteiger partial charge on any atom is -0.353 e. The van der Waals surface area contributed by atoms with Gasteiger partial charge in [-0.25, -0.2) is 0 Å². The fraction of sp³-hybridized carbons (Fsp3) is 1.00. The minimum atomic E-state index is -0.00521. The first-order chi connectivity index (χ1) is 3.17. The maximum atomic E-state index is 5.03. The third kappa shape index (κ3) is 0.763. The lowest BCUT2D eigenvalue weighted by molar-refractivity contribution is 0.0950. The Balaban J connectivity index is 2.30. The molecule has 0 N–H and O–H groups in total. The van der Waals surface area contributed by atoms with Crippen LogP contribution in [0.1, 0.15) is 13.8 Å². The van der Waals surface area contributed by atoms with E-state index >= 15 is 0 Å². The van der Waals surface area contributed by atoms with E-state index in [1.165, 1.54) is 0 Å². The molecule has 0 amide bonds. The maximum Gasteiger partial charge on any atom is 0.186 e. The number of rotatable bonds is 1. The summed E-state index contributed by atoms with van der Waals surface area (Å²) in [4.78, 5) is 0. The van der Waals surface area contributed by atoms with E-state index in [1.54, 1.807) is 7.11 Å². The summed E-state index contributed by atoms with van der Waals surface area (Å²) >= 11 is 0. The van der Waals surface area contributed by atoms with Crippen LogP contribution in [0.4, 0.5) is 0 Å². The van der Waals surface area contributed by atoms with E-state index in [2.05, 4.69) is 0 Å². The zero-order valence-electron chi connectivity index (χ0n) is 4.89. The molecule has 0 aromatic heterocycles. The molecular weight excluding hydrogens is 92.1 g/mol. The first-order valence-electron chi connectivity index (χ1n) is 2.37. The Kier molecular flexibility index (Phi) is 0.869. The summed E-state index contributed by atoms with van der Waals surface area (Å²) in [5.74, 6) is 0. The summed E-state index contributed by atoms with van der Waals surface area (Å²) in [6.45, 7) is 4.00. The average molecular weight is 102 g/mol. The topological polar surface area (TPSA) is 21.8 Å². The fourth-order valence-electron chi connectivity index (χ4n) is 0.574. The van der Waals surface area contributed by atoms with Gasteiger partial charge in [-0.15, -0.1) is 0 Å². The molecule has 7 heavy (non-hydrogen) atoms. The van der Waals surface area contributed by atoms with Gasteiger partial charge >= 0.3 is 0 Å². The second-order valence-electron chi connectivity index (χ2n) is 2.29. The first kappa shape index (κ1) is 5.06. The molecule has 0 aliphatic carbocycles. The summed E-state index contributed by atoms with van der Waals surface area (Å²) in [6.07, 6.45) is 0.0486. The molecule has 1 atom stereocenters. The second-order valence-corrected chi connectivity index (χ2v) is 2.29. The molecule has 1 rings (SSSR count). The molecule has 0 aromatic carbocycles. The van der Waals surface area contributed by atoms with E-state index in [0.717, 1.165) is 0 Å². The molecule has 1 heterocycles. The summed E-state index contributed by atoms with van der Waals surface area (Å²) in [5.41, 5.74) is -0.00521. The predicted octanol–water partition coefficient (Wildman–Crippen LogP) is 0.768. The maximum absolute atomic E-state index is 5.03. The van der Waals surface area contributed by atoms with E-state index in [1.807, 2.05) is 13.8 Å². The fourth-order valence-corrected chi connectivity index (χ4v) is 0.574. The van der Waals surface area contributed by atoms with Crippen molar-refractivity contribution in [1.82, 2.24) is 0 Å². The van der Waals surface area contributed by atoms with Crippen LogP contribution in [0.2, 0.25) is 0 Å². The highest BCUT2D eigenvalue weighted by Gasteiger charge is 2.48. The zero-order valence-corrected chi connectivity index (χ0v) is 4.89. The molecule has 1 aliphatic rings. The van der Waals surface area contributed by atoms with Crippen molar-refractivity contribution < 1.29 is 9.47 Å². The summed E-state index contributed by atoms with van der Waals surface area (Å²) < 4.78 is 9.89. The van der Waals surface area contributed by atoms with Crippen LogP contribution in [-0.2, 0) is 9.47 Å². The van der Waals surface area contributed by atoms with Gasteiger partial charge in [-0.1, -0.05) is 0 Å². The van der Waals surface area contributed by atoms with Crippen molar-refractivity contribution >= 4 is 0 Å². The van der Waals surface area contributed by atoms with Crippen molar-refractivity contribution in [2.24, 2.45) is 0 Å². The molecule has 2 heteroatoms. The highest BCUT2D eigenvalue weighted by Crippen LogP contribution is 2.34. The Morgan fingerprint density at radius 2 is 2.00 bits per heavy atom. The van der Waals surface area contributed by atoms with Crippen molar-refractivity contribution in [2.75, 3.05) is 7.11 Å². The Hall–Kier alpha value is -0.0800. The van der Waals surface area contributed by atoms with Gasteiger partial charge in [-0.05, 0) is 13.8 Å². The van der Waals surface area contributed by atoms with Gasteiger partial charge in [0, 0.05) is 7.11 Å². The number of hydrogen-bond acceptors (Lipinski definition) is 2. The van der Waals surface area contributed by atoms with Gasteiger partial charge < -0.3 is 9.47 Å². The molecule has 0 saturated carbocycles. The van der Waals surface area contributed by atoms with Crippen molar-refractivity contribution in [3.05, 3.63) is 0 Å². The summed E-state index contributed by atoms with van der Waals surface area (Å²) in [7, 11) is 1.65. The Bertz CT molecular complexity index is 78.1. The van der Waals surface area contributed by atoms with Gasteiger partial charge in [0.1, 0.15) is 5.60 Å². The van der Waals surface area contributed by atoms with Gasteiger partial charge in [0.2, 0.25) is 0 Å².